The van der Waals surface area contributed by atoms with Crippen molar-refractivity contribution in [2.24, 2.45) is 7.05 Å². The number of hydrogen-bond donors (Lipinski definition) is 1. The molecule has 0 aliphatic rings. The minimum absolute atomic E-state index is 0.0515. The van der Waals surface area contributed by atoms with E-state index >= 15 is 0 Å². The Morgan fingerprint density at radius 3 is 2.42 bits per heavy atom. The van der Waals surface area contributed by atoms with Crippen molar-refractivity contribution in [3.63, 3.8) is 0 Å². The number of carbonyl (C=O) groups excluding carboxylic acids is 2. The lowest BCUT2D eigenvalue weighted by molar-refractivity contribution is 0.0999. The van der Waals surface area contributed by atoms with Gasteiger partial charge in [-0.2, -0.15) is 0 Å². The fraction of sp³-hybridized carbons (Fsp3) is 0.167. The van der Waals surface area contributed by atoms with Crippen LogP contribution >= 0.6 is 23.4 Å². The van der Waals surface area contributed by atoms with Crippen LogP contribution in [0.2, 0.25) is 5.02 Å². The minimum Gasteiger partial charge on any atom is -0.305 e. The average molecular weight is 480 g/mol. The Balaban J connectivity index is 1.46. The van der Waals surface area contributed by atoms with E-state index in [0.717, 1.165) is 11.3 Å². The summed E-state index contributed by atoms with van der Waals surface area (Å²) in [6.45, 7) is 3.67. The number of thioether (sulfide) groups is 1. The molecule has 2 aromatic heterocycles. The van der Waals surface area contributed by atoms with Gasteiger partial charge < -0.3 is 4.57 Å². The first-order chi connectivity index (χ1) is 15.8. The number of amides is 1. The number of Topliss-reactive ketones (excluding diaryl/α,β-unsaturated/α-hetero) is 1. The molecular formula is C24H22ClN5O2S. The van der Waals surface area contributed by atoms with E-state index in [4.69, 9.17) is 11.6 Å². The van der Waals surface area contributed by atoms with Gasteiger partial charge in [0, 0.05) is 40.1 Å². The zero-order valence-electron chi connectivity index (χ0n) is 18.4. The highest BCUT2D eigenvalue weighted by atomic mass is 35.5. The van der Waals surface area contributed by atoms with Crippen LogP contribution < -0.4 is 5.43 Å². The van der Waals surface area contributed by atoms with Gasteiger partial charge in [0.15, 0.2) is 16.8 Å². The highest BCUT2D eigenvalue weighted by Gasteiger charge is 2.19. The lowest BCUT2D eigenvalue weighted by Gasteiger charge is -2.11. The number of ketones is 1. The topological polar surface area (TPSA) is 81.8 Å². The lowest BCUT2D eigenvalue weighted by atomic mass is 10.2. The van der Waals surface area contributed by atoms with Crippen LogP contribution in [0.5, 0.6) is 0 Å². The van der Waals surface area contributed by atoms with Gasteiger partial charge in [-0.1, -0.05) is 41.6 Å². The Bertz CT molecular complexity index is 1310. The van der Waals surface area contributed by atoms with Crippen LogP contribution in [0.1, 0.15) is 32.1 Å². The zero-order valence-corrected chi connectivity index (χ0v) is 19.9. The second-order valence-electron chi connectivity index (χ2n) is 7.51. The second kappa shape index (κ2) is 9.64. The van der Waals surface area contributed by atoms with Gasteiger partial charge in [-0.05, 0) is 56.3 Å². The first kappa shape index (κ1) is 22.8. The van der Waals surface area contributed by atoms with Crippen molar-refractivity contribution in [3.05, 3.63) is 88.2 Å². The van der Waals surface area contributed by atoms with Gasteiger partial charge in [0.2, 0.25) is 0 Å². The largest absolute Gasteiger partial charge is 0.305 e. The number of halogens is 1. The fourth-order valence-corrected chi connectivity index (χ4v) is 4.39. The van der Waals surface area contributed by atoms with Crippen LogP contribution in [0.3, 0.4) is 0 Å². The van der Waals surface area contributed by atoms with E-state index in [1.54, 1.807) is 47.1 Å². The first-order valence-electron chi connectivity index (χ1n) is 10.2. The summed E-state index contributed by atoms with van der Waals surface area (Å²) < 4.78 is 3.50. The first-order valence-corrected chi connectivity index (χ1v) is 11.6. The highest BCUT2D eigenvalue weighted by molar-refractivity contribution is 7.99. The Kier molecular flexibility index (Phi) is 6.67. The summed E-state index contributed by atoms with van der Waals surface area (Å²) in [4.78, 5) is 25.5. The number of hydrogen-bond acceptors (Lipinski definition) is 5. The highest BCUT2D eigenvalue weighted by Crippen LogP contribution is 2.25. The molecular weight excluding hydrogens is 458 g/mol. The number of carbonyl (C=O) groups is 2. The molecule has 0 saturated carbocycles. The number of nitrogens with one attached hydrogen (secondary N) is 1. The molecule has 2 aromatic carbocycles. The van der Waals surface area contributed by atoms with Crippen LogP contribution in [0.15, 0.2) is 65.8 Å². The number of nitrogens with zero attached hydrogens (tertiary/aromatic N) is 4. The van der Waals surface area contributed by atoms with E-state index in [0.29, 0.717) is 32.8 Å². The van der Waals surface area contributed by atoms with Gasteiger partial charge in [-0.25, -0.2) is 0 Å². The Labute approximate surface area is 200 Å². The van der Waals surface area contributed by atoms with Gasteiger partial charge in [-0.15, -0.1) is 10.2 Å². The molecule has 0 unspecified atom stereocenters. The molecule has 1 N–H and O–H groups in total. The Morgan fingerprint density at radius 1 is 1.03 bits per heavy atom. The maximum Gasteiger partial charge on any atom is 0.270 e. The normalized spacial score (nSPS) is 10.9. The second-order valence-corrected chi connectivity index (χ2v) is 8.89. The lowest BCUT2D eigenvalue weighted by Crippen LogP contribution is -2.25. The summed E-state index contributed by atoms with van der Waals surface area (Å²) in [7, 11) is 1.86. The summed E-state index contributed by atoms with van der Waals surface area (Å²) in [5.41, 5.74) is 6.32. The van der Waals surface area contributed by atoms with Crippen molar-refractivity contribution < 1.29 is 9.59 Å². The SMILES string of the molecule is Cc1cc(C(=O)CSc2nnc(-c3ccc(Cl)cc3)n2C)c(C)n1NC(=O)c1ccccc1. The van der Waals surface area contributed by atoms with E-state index in [9.17, 15) is 9.59 Å². The number of benzene rings is 2. The van der Waals surface area contributed by atoms with Crippen molar-refractivity contribution in [1.29, 1.82) is 0 Å². The molecule has 0 fully saturated rings. The van der Waals surface area contributed by atoms with Crippen LogP contribution in [0.25, 0.3) is 11.4 Å². The third kappa shape index (κ3) is 4.86. The molecule has 0 bridgehead atoms. The number of aromatic nitrogens is 4. The van der Waals surface area contributed by atoms with Crippen LogP contribution in [-0.4, -0.2) is 36.9 Å². The zero-order chi connectivity index (χ0) is 23.5. The molecule has 9 heteroatoms. The van der Waals surface area contributed by atoms with Crippen molar-refractivity contribution in [3.8, 4) is 11.4 Å². The van der Waals surface area contributed by atoms with Crippen LogP contribution in [0, 0.1) is 13.8 Å². The van der Waals surface area contributed by atoms with Crippen molar-refractivity contribution in [2.75, 3.05) is 11.2 Å². The molecule has 0 saturated heterocycles. The van der Waals surface area contributed by atoms with Gasteiger partial charge in [0.05, 0.1) is 5.75 Å². The molecule has 0 aliphatic heterocycles. The average Bonchev–Trinajstić information content (AvgIpc) is 3.32. The maximum absolute atomic E-state index is 13.0. The summed E-state index contributed by atoms with van der Waals surface area (Å²) >= 11 is 7.28. The summed E-state index contributed by atoms with van der Waals surface area (Å²) in [5, 5.41) is 9.77. The van der Waals surface area contributed by atoms with E-state index in [1.165, 1.54) is 11.8 Å². The van der Waals surface area contributed by atoms with Gasteiger partial charge in [-0.3, -0.25) is 19.7 Å². The quantitative estimate of drug-likeness (QED) is 0.301. The molecule has 4 rings (SSSR count). The predicted octanol–water partition coefficient (Wildman–Crippen LogP) is 4.91. The molecule has 1 amide bonds. The third-order valence-corrected chi connectivity index (χ3v) is 6.52. The summed E-state index contributed by atoms with van der Waals surface area (Å²) in [6, 6.07) is 18.1. The Hall–Kier alpha value is -3.36. The van der Waals surface area contributed by atoms with Crippen molar-refractivity contribution in [1.82, 2.24) is 19.4 Å². The monoisotopic (exact) mass is 479 g/mol. The van der Waals surface area contributed by atoms with Gasteiger partial charge in [0.25, 0.3) is 5.91 Å². The van der Waals surface area contributed by atoms with Crippen molar-refractivity contribution >= 4 is 35.1 Å². The molecule has 0 spiro atoms. The smallest absolute Gasteiger partial charge is 0.270 e. The minimum atomic E-state index is -0.236. The molecule has 0 aliphatic carbocycles. The standard InChI is InChI=1S/C24H22ClN5O2S/c1-15-13-20(16(2)30(15)28-23(32)18-7-5-4-6-8-18)21(31)14-33-24-27-26-22(29(24)3)17-9-11-19(25)12-10-17/h4-13H,14H2,1-3H3,(H,28,32). The Morgan fingerprint density at radius 2 is 1.73 bits per heavy atom. The molecule has 168 valence electrons. The molecule has 7 nitrogen and oxygen atoms in total. The number of rotatable bonds is 7. The van der Waals surface area contributed by atoms with Crippen LogP contribution in [-0.2, 0) is 7.05 Å². The van der Waals surface area contributed by atoms with Gasteiger partial charge >= 0.3 is 0 Å². The molecule has 2 heterocycles. The van der Waals surface area contributed by atoms with Crippen molar-refractivity contribution in [2.45, 2.75) is 19.0 Å². The van der Waals surface area contributed by atoms with E-state index < -0.39 is 0 Å². The fourth-order valence-electron chi connectivity index (χ4n) is 3.47. The van der Waals surface area contributed by atoms with E-state index in [1.807, 2.05) is 43.7 Å². The summed E-state index contributed by atoms with van der Waals surface area (Å²) in [5.74, 6) is 0.608. The molecule has 33 heavy (non-hydrogen) atoms. The van der Waals surface area contributed by atoms with Crippen LogP contribution in [0.4, 0.5) is 0 Å². The molecule has 0 atom stereocenters. The maximum atomic E-state index is 13.0. The molecule has 4 aromatic rings. The third-order valence-electron chi connectivity index (χ3n) is 5.25. The predicted molar refractivity (Wildman–Crippen MR) is 131 cm³/mol. The van der Waals surface area contributed by atoms with Gasteiger partial charge in [0.1, 0.15) is 0 Å². The number of aryl methyl sites for hydroxylation is 1. The molecule has 0 radical (unpaired) electrons. The van der Waals surface area contributed by atoms with E-state index in [-0.39, 0.29) is 17.4 Å². The van der Waals surface area contributed by atoms with E-state index in [2.05, 4.69) is 15.6 Å². The summed E-state index contributed by atoms with van der Waals surface area (Å²) in [6.07, 6.45) is 0.